The Morgan fingerprint density at radius 1 is 1.12 bits per heavy atom. The first-order valence-corrected chi connectivity index (χ1v) is 7.50. The normalized spacial score (nSPS) is 12.4. The predicted molar refractivity (Wildman–Crippen MR) is 87.4 cm³/mol. The maximum absolute atomic E-state index is 5.21. The van der Waals surface area contributed by atoms with Gasteiger partial charge in [-0.05, 0) is 19.4 Å². The van der Waals surface area contributed by atoms with E-state index < -0.39 is 0 Å². The number of hydrogen-bond donors (Lipinski definition) is 2. The Kier molecular flexibility index (Phi) is 3.42. The highest BCUT2D eigenvalue weighted by molar-refractivity contribution is 5.87. The van der Waals surface area contributed by atoms with Crippen molar-refractivity contribution in [1.82, 2.24) is 30.3 Å². The number of benzene rings is 1. The molecule has 0 unspecified atom stereocenters. The highest BCUT2D eigenvalue weighted by Crippen LogP contribution is 2.28. The van der Waals surface area contributed by atoms with Crippen LogP contribution in [0, 0.1) is 13.8 Å². The van der Waals surface area contributed by atoms with Crippen LogP contribution in [-0.4, -0.2) is 30.3 Å². The van der Waals surface area contributed by atoms with Crippen molar-refractivity contribution < 1.29 is 4.52 Å². The van der Waals surface area contributed by atoms with Crippen molar-refractivity contribution >= 4 is 16.9 Å². The first-order valence-electron chi connectivity index (χ1n) is 7.50. The molecule has 120 valence electrons. The fourth-order valence-electron chi connectivity index (χ4n) is 2.60. The molecule has 0 aliphatic heterocycles. The summed E-state index contributed by atoms with van der Waals surface area (Å²) in [5.41, 5.74) is 2.20. The lowest BCUT2D eigenvalue weighted by atomic mass is 10.1. The smallest absolute Gasteiger partial charge is 0.263 e. The molecular formula is C16H15N7O. The number of nitrogens with one attached hydrogen (secondary N) is 2. The molecule has 0 radical (unpaired) electrons. The van der Waals surface area contributed by atoms with E-state index >= 15 is 0 Å². The van der Waals surface area contributed by atoms with Gasteiger partial charge in [0, 0.05) is 0 Å². The van der Waals surface area contributed by atoms with Crippen LogP contribution in [0.3, 0.4) is 0 Å². The molecule has 0 amide bonds. The summed E-state index contributed by atoms with van der Waals surface area (Å²) in [5.74, 6) is 2.02. The second-order valence-corrected chi connectivity index (χ2v) is 5.44. The average Bonchev–Trinajstić information content (AvgIpc) is 3.20. The number of hydrogen-bond acceptors (Lipinski definition) is 7. The number of nitrogens with zero attached hydrogens (tertiary/aromatic N) is 5. The van der Waals surface area contributed by atoms with Gasteiger partial charge in [-0.1, -0.05) is 35.5 Å². The molecule has 3 heterocycles. The zero-order chi connectivity index (χ0) is 16.5. The van der Waals surface area contributed by atoms with Crippen LogP contribution in [0.15, 0.2) is 41.2 Å². The molecule has 8 heteroatoms. The van der Waals surface area contributed by atoms with Gasteiger partial charge in [0.1, 0.15) is 29.4 Å². The second kappa shape index (κ2) is 5.73. The van der Waals surface area contributed by atoms with E-state index in [-0.39, 0.29) is 6.04 Å². The number of aromatic amines is 1. The van der Waals surface area contributed by atoms with E-state index in [4.69, 9.17) is 4.52 Å². The summed E-state index contributed by atoms with van der Waals surface area (Å²) in [6, 6.07) is 9.69. The standard InChI is InChI=1S/C16H15N7O/c1-9-12-14(17-8-18-16(12)24-23-9)20-13(11-6-4-3-5-7-11)15-19-10(2)21-22-15/h3-8,13H,1-2H3,(H,17,18,20)(H,19,21,22)/t13-/m1/s1. The Balaban J connectivity index is 1.81. The van der Waals surface area contributed by atoms with Crippen LogP contribution < -0.4 is 5.32 Å². The van der Waals surface area contributed by atoms with E-state index in [1.54, 1.807) is 0 Å². The number of H-pyrrole nitrogens is 1. The van der Waals surface area contributed by atoms with Gasteiger partial charge in [-0.3, -0.25) is 5.10 Å². The minimum atomic E-state index is -0.261. The highest BCUT2D eigenvalue weighted by Gasteiger charge is 2.21. The Bertz CT molecular complexity index is 976. The van der Waals surface area contributed by atoms with Crippen LogP contribution in [0.5, 0.6) is 0 Å². The monoisotopic (exact) mass is 321 g/mol. The summed E-state index contributed by atoms with van der Waals surface area (Å²) in [5, 5.41) is 15.3. The molecule has 0 fully saturated rings. The van der Waals surface area contributed by atoms with E-state index in [1.165, 1.54) is 6.33 Å². The maximum atomic E-state index is 5.21. The molecule has 4 aromatic rings. The molecule has 0 aliphatic rings. The Hall–Kier alpha value is -3.29. The van der Waals surface area contributed by atoms with Crippen LogP contribution in [0.2, 0.25) is 0 Å². The first-order chi connectivity index (χ1) is 11.7. The third-order valence-corrected chi connectivity index (χ3v) is 3.73. The Morgan fingerprint density at radius 3 is 2.71 bits per heavy atom. The van der Waals surface area contributed by atoms with Crippen molar-refractivity contribution in [3.05, 3.63) is 59.6 Å². The molecule has 8 nitrogen and oxygen atoms in total. The number of aryl methyl sites for hydroxylation is 2. The Morgan fingerprint density at radius 2 is 1.96 bits per heavy atom. The summed E-state index contributed by atoms with van der Waals surface area (Å²) >= 11 is 0. The van der Waals surface area contributed by atoms with Gasteiger partial charge in [0.25, 0.3) is 5.71 Å². The summed E-state index contributed by atoms with van der Waals surface area (Å²) in [4.78, 5) is 12.9. The number of fused-ring (bicyclic) bond motifs is 1. The maximum Gasteiger partial charge on any atom is 0.263 e. The number of rotatable bonds is 4. The average molecular weight is 321 g/mol. The molecule has 0 saturated heterocycles. The summed E-state index contributed by atoms with van der Waals surface area (Å²) in [6.07, 6.45) is 1.45. The fourth-order valence-corrected chi connectivity index (χ4v) is 2.60. The SMILES string of the molecule is Cc1nc([C@H](Nc2ncnc3onc(C)c23)c2ccccc2)n[nH]1. The van der Waals surface area contributed by atoms with Gasteiger partial charge in [-0.2, -0.15) is 10.1 Å². The highest BCUT2D eigenvalue weighted by atomic mass is 16.5. The van der Waals surface area contributed by atoms with Gasteiger partial charge in [0.15, 0.2) is 5.82 Å². The van der Waals surface area contributed by atoms with Gasteiger partial charge in [-0.15, -0.1) is 0 Å². The van der Waals surface area contributed by atoms with Gasteiger partial charge in [0.05, 0.1) is 5.69 Å². The lowest BCUT2D eigenvalue weighted by molar-refractivity contribution is 0.442. The largest absolute Gasteiger partial charge is 0.355 e. The van der Waals surface area contributed by atoms with E-state index in [0.29, 0.717) is 17.4 Å². The van der Waals surface area contributed by atoms with Gasteiger partial charge < -0.3 is 9.84 Å². The first kappa shape index (κ1) is 14.3. The lowest BCUT2D eigenvalue weighted by Crippen LogP contribution is -2.15. The fraction of sp³-hybridized carbons (Fsp3) is 0.188. The quantitative estimate of drug-likeness (QED) is 0.595. The van der Waals surface area contributed by atoms with Crippen molar-refractivity contribution in [3.8, 4) is 0 Å². The van der Waals surface area contributed by atoms with Crippen molar-refractivity contribution in [2.24, 2.45) is 0 Å². The van der Waals surface area contributed by atoms with E-state index in [9.17, 15) is 0 Å². The van der Waals surface area contributed by atoms with Crippen molar-refractivity contribution in [2.75, 3.05) is 5.32 Å². The molecule has 1 atom stereocenters. The molecule has 3 aromatic heterocycles. The molecule has 0 aliphatic carbocycles. The second-order valence-electron chi connectivity index (χ2n) is 5.44. The van der Waals surface area contributed by atoms with Crippen molar-refractivity contribution in [3.63, 3.8) is 0 Å². The van der Waals surface area contributed by atoms with Gasteiger partial charge in [0.2, 0.25) is 0 Å². The lowest BCUT2D eigenvalue weighted by Gasteiger charge is -2.17. The Labute approximate surface area is 137 Å². The zero-order valence-electron chi connectivity index (χ0n) is 13.2. The molecule has 0 bridgehead atoms. The third-order valence-electron chi connectivity index (χ3n) is 3.73. The zero-order valence-corrected chi connectivity index (χ0v) is 13.2. The van der Waals surface area contributed by atoms with Gasteiger partial charge >= 0.3 is 0 Å². The third kappa shape index (κ3) is 2.47. The van der Waals surface area contributed by atoms with Crippen LogP contribution in [-0.2, 0) is 0 Å². The molecule has 2 N–H and O–H groups in total. The molecule has 0 spiro atoms. The predicted octanol–water partition coefficient (Wildman–Crippen LogP) is 2.55. The minimum Gasteiger partial charge on any atom is -0.355 e. The summed E-state index contributed by atoms with van der Waals surface area (Å²) in [6.45, 7) is 3.72. The van der Waals surface area contributed by atoms with Crippen LogP contribution in [0.25, 0.3) is 11.1 Å². The number of aromatic nitrogens is 6. The van der Waals surface area contributed by atoms with E-state index in [0.717, 1.165) is 22.5 Å². The van der Waals surface area contributed by atoms with Crippen LogP contribution >= 0.6 is 0 Å². The van der Waals surface area contributed by atoms with E-state index in [2.05, 4.69) is 35.6 Å². The topological polar surface area (TPSA) is 105 Å². The molecule has 24 heavy (non-hydrogen) atoms. The van der Waals surface area contributed by atoms with E-state index in [1.807, 2.05) is 44.2 Å². The molecule has 0 saturated carbocycles. The van der Waals surface area contributed by atoms with Gasteiger partial charge in [-0.25, -0.2) is 9.97 Å². The van der Waals surface area contributed by atoms with Crippen molar-refractivity contribution in [2.45, 2.75) is 19.9 Å². The van der Waals surface area contributed by atoms with Crippen LogP contribution in [0.1, 0.15) is 28.9 Å². The minimum absolute atomic E-state index is 0.261. The molecule has 1 aromatic carbocycles. The molecular weight excluding hydrogens is 306 g/mol. The summed E-state index contributed by atoms with van der Waals surface area (Å²) in [7, 11) is 0. The van der Waals surface area contributed by atoms with Crippen LogP contribution in [0.4, 0.5) is 5.82 Å². The summed E-state index contributed by atoms with van der Waals surface area (Å²) < 4.78 is 5.21. The number of anilines is 1. The molecule has 4 rings (SSSR count). The van der Waals surface area contributed by atoms with Crippen molar-refractivity contribution in [1.29, 1.82) is 0 Å².